The van der Waals surface area contributed by atoms with Gasteiger partial charge in [-0.15, -0.1) is 0 Å². The summed E-state index contributed by atoms with van der Waals surface area (Å²) >= 11 is 12.9. The Balaban J connectivity index is 1.17. The molecule has 3 aliphatic heterocycles. The number of para-hydroxylation sites is 1. The maximum atomic E-state index is 13.7. The molecule has 4 heterocycles. The lowest BCUT2D eigenvalue weighted by molar-refractivity contribution is -0.161. The quantitative estimate of drug-likeness (QED) is 0.136. The first-order valence-electron chi connectivity index (χ1n) is 16.9. The third-order valence-corrected chi connectivity index (χ3v) is 10.3. The van der Waals surface area contributed by atoms with Crippen molar-refractivity contribution in [3.05, 3.63) is 117 Å². The Morgan fingerprint density at radius 2 is 1.57 bits per heavy atom. The van der Waals surface area contributed by atoms with Crippen LogP contribution < -0.4 is 19.5 Å². The molecule has 3 saturated heterocycles. The molecule has 3 aromatic carbocycles. The van der Waals surface area contributed by atoms with Crippen LogP contribution in [-0.4, -0.2) is 68.9 Å². The van der Waals surface area contributed by atoms with Gasteiger partial charge >= 0.3 is 11.9 Å². The zero-order chi connectivity index (χ0) is 35.9. The van der Waals surface area contributed by atoms with E-state index in [4.69, 9.17) is 46.9 Å². The number of carbonyl (C=O) groups is 2. The number of nitrogens with zero attached hydrogens (tertiary/aromatic N) is 2. The minimum absolute atomic E-state index is 0.127. The van der Waals surface area contributed by atoms with Crippen LogP contribution in [0.5, 0.6) is 17.2 Å². The molecule has 0 saturated carbocycles. The van der Waals surface area contributed by atoms with Gasteiger partial charge in [0.1, 0.15) is 24.0 Å². The van der Waals surface area contributed by atoms with Gasteiger partial charge in [-0.2, -0.15) is 0 Å². The Bertz CT molecular complexity index is 1810. The first-order chi connectivity index (χ1) is 24.8. The second-order valence-corrected chi connectivity index (χ2v) is 13.5. The monoisotopic (exact) mass is 733 g/mol. The highest BCUT2D eigenvalue weighted by molar-refractivity contribution is 6.35. The van der Waals surface area contributed by atoms with Crippen LogP contribution in [0.3, 0.4) is 0 Å². The summed E-state index contributed by atoms with van der Waals surface area (Å²) in [4.78, 5) is 33.7. The smallest absolute Gasteiger partial charge is 0.338 e. The number of carbonyl (C=O) groups excluding carboxylic acids is 2. The number of hydrogen-bond donors (Lipinski definition) is 1. The predicted molar refractivity (Wildman–Crippen MR) is 194 cm³/mol. The van der Waals surface area contributed by atoms with Crippen molar-refractivity contribution in [2.75, 3.05) is 41.0 Å². The first-order valence-corrected chi connectivity index (χ1v) is 17.6. The lowest BCUT2D eigenvalue weighted by Gasteiger charge is -2.44. The Labute approximate surface area is 307 Å². The van der Waals surface area contributed by atoms with Crippen molar-refractivity contribution in [1.29, 1.82) is 0 Å². The molecular weight excluding hydrogens is 693 g/mol. The first kappa shape index (κ1) is 36.4. The van der Waals surface area contributed by atoms with Crippen LogP contribution in [0, 0.1) is 5.92 Å². The molecule has 4 aromatic rings. The van der Waals surface area contributed by atoms with E-state index in [0.717, 1.165) is 38.0 Å². The maximum Gasteiger partial charge on any atom is 0.338 e. The zero-order valence-electron chi connectivity index (χ0n) is 28.8. The average molecular weight is 735 g/mol. The molecule has 268 valence electrons. The molecule has 3 fully saturated rings. The third kappa shape index (κ3) is 8.59. The molecule has 3 aliphatic rings. The van der Waals surface area contributed by atoms with Crippen molar-refractivity contribution in [2.24, 2.45) is 5.92 Å². The highest BCUT2D eigenvalue weighted by atomic mass is 35.5. The van der Waals surface area contributed by atoms with Gasteiger partial charge in [0, 0.05) is 37.5 Å². The van der Waals surface area contributed by atoms with E-state index in [0.29, 0.717) is 62.0 Å². The van der Waals surface area contributed by atoms with Crippen LogP contribution in [0.1, 0.15) is 57.6 Å². The largest absolute Gasteiger partial charge is 0.496 e. The van der Waals surface area contributed by atoms with Crippen LogP contribution in [0.4, 0.5) is 0 Å². The molecule has 0 radical (unpaired) electrons. The van der Waals surface area contributed by atoms with Crippen LogP contribution in [-0.2, 0) is 27.2 Å². The lowest BCUT2D eigenvalue weighted by Crippen LogP contribution is -2.52. The van der Waals surface area contributed by atoms with E-state index >= 15 is 0 Å². The van der Waals surface area contributed by atoms with Gasteiger partial charge in [-0.1, -0.05) is 59.6 Å². The molecule has 0 aliphatic carbocycles. The van der Waals surface area contributed by atoms with Gasteiger partial charge in [0.05, 0.1) is 36.9 Å². The van der Waals surface area contributed by atoms with Gasteiger partial charge in [0.15, 0.2) is 11.5 Å². The van der Waals surface area contributed by atoms with Gasteiger partial charge in [-0.05, 0) is 78.9 Å². The predicted octanol–water partition coefficient (Wildman–Crippen LogP) is 7.02. The Morgan fingerprint density at radius 3 is 2.22 bits per heavy atom. The van der Waals surface area contributed by atoms with E-state index in [2.05, 4.69) is 15.2 Å². The van der Waals surface area contributed by atoms with Crippen LogP contribution in [0.2, 0.25) is 10.0 Å². The fraction of sp³-hybridized carbons (Fsp3) is 0.359. The number of nitrogens with one attached hydrogen (secondary N) is 1. The van der Waals surface area contributed by atoms with Crippen molar-refractivity contribution < 1.29 is 33.3 Å². The van der Waals surface area contributed by atoms with Crippen molar-refractivity contribution in [3.8, 4) is 17.2 Å². The summed E-state index contributed by atoms with van der Waals surface area (Å²) in [7, 11) is 4.67. The van der Waals surface area contributed by atoms with Crippen LogP contribution in [0.15, 0.2) is 79.1 Å². The molecule has 0 amide bonds. The SMILES string of the molecule is COc1ccc(C(Cc2c(Cl)cncc2Cl)OC(=O)c2ccc(CNC(C(=O)O[C@H]3CN4CCC3CC4)c3ccccc3OC)cc2)cc1OC. The minimum atomic E-state index is -0.764. The summed E-state index contributed by atoms with van der Waals surface area (Å²) in [6.07, 6.45) is 4.39. The Hall–Kier alpha value is -4.35. The molecule has 12 heteroatoms. The summed E-state index contributed by atoms with van der Waals surface area (Å²) < 4.78 is 28.7. The lowest BCUT2D eigenvalue weighted by atomic mass is 9.86. The van der Waals surface area contributed by atoms with E-state index in [-0.39, 0.29) is 18.5 Å². The summed E-state index contributed by atoms with van der Waals surface area (Å²) in [6.45, 7) is 3.21. The number of aromatic nitrogens is 1. The number of piperidine rings is 3. The van der Waals surface area contributed by atoms with E-state index in [1.165, 1.54) is 19.5 Å². The normalized spacial score (nSPS) is 19.1. The molecule has 10 nitrogen and oxygen atoms in total. The number of pyridine rings is 1. The molecule has 2 unspecified atom stereocenters. The summed E-state index contributed by atoms with van der Waals surface area (Å²) in [6, 6.07) is 19.0. The molecule has 3 atom stereocenters. The zero-order valence-corrected chi connectivity index (χ0v) is 30.3. The summed E-state index contributed by atoms with van der Waals surface area (Å²) in [5.74, 6) is 1.12. The molecule has 2 bridgehead atoms. The van der Waals surface area contributed by atoms with Gasteiger partial charge in [-0.3, -0.25) is 15.2 Å². The number of hydrogen-bond acceptors (Lipinski definition) is 10. The molecule has 0 spiro atoms. The Kier molecular flexibility index (Phi) is 12.0. The number of esters is 2. The van der Waals surface area contributed by atoms with E-state index in [1.54, 1.807) is 44.6 Å². The fourth-order valence-electron chi connectivity index (χ4n) is 6.76. The molecule has 1 N–H and O–H groups in total. The second-order valence-electron chi connectivity index (χ2n) is 12.7. The number of benzene rings is 3. The summed E-state index contributed by atoms with van der Waals surface area (Å²) in [5, 5.41) is 4.11. The molecular formula is C39H41Cl2N3O7. The minimum Gasteiger partial charge on any atom is -0.496 e. The van der Waals surface area contributed by atoms with Crippen molar-refractivity contribution in [2.45, 2.75) is 44.1 Å². The van der Waals surface area contributed by atoms with Crippen molar-refractivity contribution in [1.82, 2.24) is 15.2 Å². The van der Waals surface area contributed by atoms with Crippen molar-refractivity contribution in [3.63, 3.8) is 0 Å². The van der Waals surface area contributed by atoms with Gasteiger partial charge in [-0.25, -0.2) is 9.59 Å². The number of ether oxygens (including phenoxy) is 5. The highest BCUT2D eigenvalue weighted by Gasteiger charge is 2.38. The number of halogens is 2. The molecule has 7 rings (SSSR count). The topological polar surface area (TPSA) is 108 Å². The standard InChI is InChI=1S/C39H41Cl2N3O7/c1-47-32-7-5-4-6-28(32)37(39(46)51-36-23-44-16-14-25(36)15-17-44)43-20-24-8-10-26(11-9-24)38(45)50-34(19-29-30(40)21-42-22-31(29)41)27-12-13-33(48-2)35(18-27)49-3/h4-13,18,21-22,25,34,36-37,43H,14-17,19-20,23H2,1-3H3/t34?,36-,37?/m0/s1. The van der Waals surface area contributed by atoms with Crippen molar-refractivity contribution >= 4 is 35.1 Å². The van der Waals surface area contributed by atoms with E-state index < -0.39 is 18.1 Å². The van der Waals surface area contributed by atoms with Crippen LogP contribution in [0.25, 0.3) is 0 Å². The van der Waals surface area contributed by atoms with Gasteiger partial charge in [0.2, 0.25) is 0 Å². The second kappa shape index (κ2) is 16.8. The number of fused-ring (bicyclic) bond motifs is 3. The molecule has 1 aromatic heterocycles. The highest BCUT2D eigenvalue weighted by Crippen LogP contribution is 2.36. The Morgan fingerprint density at radius 1 is 0.882 bits per heavy atom. The van der Waals surface area contributed by atoms with E-state index in [1.807, 2.05) is 36.4 Å². The third-order valence-electron chi connectivity index (χ3n) is 9.62. The summed E-state index contributed by atoms with van der Waals surface area (Å²) in [5.41, 5.74) is 3.16. The van der Waals surface area contributed by atoms with Crippen LogP contribution >= 0.6 is 23.2 Å². The van der Waals surface area contributed by atoms with Gasteiger partial charge < -0.3 is 23.7 Å². The number of methoxy groups -OCH3 is 3. The fourth-order valence-corrected chi connectivity index (χ4v) is 7.28. The van der Waals surface area contributed by atoms with Gasteiger partial charge in [0.25, 0.3) is 0 Å². The molecule has 51 heavy (non-hydrogen) atoms. The van der Waals surface area contributed by atoms with E-state index in [9.17, 15) is 9.59 Å². The number of rotatable bonds is 14. The average Bonchev–Trinajstić information content (AvgIpc) is 3.16. The maximum absolute atomic E-state index is 13.7.